The van der Waals surface area contributed by atoms with Crippen molar-refractivity contribution in [1.82, 2.24) is 25.3 Å². The fourth-order valence-electron chi connectivity index (χ4n) is 4.64. The number of likely N-dealkylation sites (tertiary alicyclic amines) is 1. The molecule has 1 unspecified atom stereocenters. The number of hydrogen-bond acceptors (Lipinski definition) is 5. The van der Waals surface area contributed by atoms with Gasteiger partial charge in [-0.2, -0.15) is 0 Å². The van der Waals surface area contributed by atoms with Gasteiger partial charge in [0.05, 0.1) is 0 Å². The van der Waals surface area contributed by atoms with Crippen molar-refractivity contribution in [3.8, 4) is 0 Å². The summed E-state index contributed by atoms with van der Waals surface area (Å²) in [4.78, 5) is 7.68. The van der Waals surface area contributed by atoms with Crippen LogP contribution in [0.1, 0.15) is 50.2 Å². The topological polar surface area (TPSA) is 33.8 Å². The van der Waals surface area contributed by atoms with Crippen LogP contribution in [0.4, 0.5) is 0 Å². The zero-order chi connectivity index (χ0) is 21.0. The largest absolute Gasteiger partial charge is 0.313 e. The molecule has 1 aromatic carbocycles. The zero-order valence-corrected chi connectivity index (χ0v) is 19.5. The first-order chi connectivity index (χ1) is 14.7. The number of benzene rings is 1. The zero-order valence-electron chi connectivity index (χ0n) is 19.5. The lowest BCUT2D eigenvalue weighted by molar-refractivity contribution is 0.153. The van der Waals surface area contributed by atoms with Crippen molar-refractivity contribution in [2.24, 2.45) is 0 Å². The van der Waals surface area contributed by atoms with Gasteiger partial charge in [0.1, 0.15) is 0 Å². The molecule has 2 fully saturated rings. The summed E-state index contributed by atoms with van der Waals surface area (Å²) in [5.74, 6) is 0. The van der Waals surface area contributed by atoms with Crippen LogP contribution in [0.25, 0.3) is 0 Å². The highest BCUT2D eigenvalue weighted by molar-refractivity contribution is 5.22. The molecule has 0 bridgehead atoms. The molecule has 0 saturated carbocycles. The first-order valence-corrected chi connectivity index (χ1v) is 12.3. The molecule has 5 nitrogen and oxygen atoms in total. The van der Waals surface area contributed by atoms with E-state index in [0.717, 1.165) is 32.2 Å². The van der Waals surface area contributed by atoms with E-state index < -0.39 is 0 Å². The van der Waals surface area contributed by atoms with Crippen LogP contribution in [0.5, 0.6) is 0 Å². The third-order valence-corrected chi connectivity index (χ3v) is 6.84. The van der Waals surface area contributed by atoms with Gasteiger partial charge < -0.3 is 25.3 Å². The number of likely N-dealkylation sites (N-methyl/N-ethyl adjacent to an activating group) is 1. The Hall–Kier alpha value is -0.980. The molecule has 5 heteroatoms. The summed E-state index contributed by atoms with van der Waals surface area (Å²) in [5.41, 5.74) is 2.78. The fourth-order valence-corrected chi connectivity index (χ4v) is 4.64. The van der Waals surface area contributed by atoms with Gasteiger partial charge in [0.25, 0.3) is 0 Å². The highest BCUT2D eigenvalue weighted by Gasteiger charge is 2.17. The minimum Gasteiger partial charge on any atom is -0.313 e. The predicted octanol–water partition coefficient (Wildman–Crippen LogP) is 2.77. The molecule has 0 aliphatic carbocycles. The molecule has 0 amide bonds. The fraction of sp³-hybridized carbons (Fsp3) is 0.760. The van der Waals surface area contributed by atoms with E-state index in [1.807, 2.05) is 0 Å². The average molecular weight is 416 g/mol. The van der Waals surface area contributed by atoms with Crippen molar-refractivity contribution in [2.45, 2.75) is 58.2 Å². The molecular formula is C25H45N5. The first-order valence-electron chi connectivity index (χ1n) is 12.3. The third kappa shape index (κ3) is 8.64. The van der Waals surface area contributed by atoms with Crippen LogP contribution in [-0.2, 0) is 13.1 Å². The summed E-state index contributed by atoms with van der Waals surface area (Å²) >= 11 is 0. The summed E-state index contributed by atoms with van der Waals surface area (Å²) in [6.07, 6.45) is 6.67. The van der Waals surface area contributed by atoms with Gasteiger partial charge in [0, 0.05) is 45.3 Å². The number of hydrogen-bond donors (Lipinski definition) is 2. The van der Waals surface area contributed by atoms with Gasteiger partial charge in [-0.25, -0.2) is 0 Å². The van der Waals surface area contributed by atoms with Gasteiger partial charge >= 0.3 is 0 Å². The van der Waals surface area contributed by atoms with Crippen LogP contribution >= 0.6 is 0 Å². The molecule has 1 aromatic rings. The van der Waals surface area contributed by atoms with Crippen molar-refractivity contribution < 1.29 is 0 Å². The highest BCUT2D eigenvalue weighted by atomic mass is 15.2. The molecule has 1 atom stereocenters. The third-order valence-electron chi connectivity index (χ3n) is 6.84. The van der Waals surface area contributed by atoms with Crippen LogP contribution < -0.4 is 10.6 Å². The van der Waals surface area contributed by atoms with Gasteiger partial charge in [0.15, 0.2) is 0 Å². The van der Waals surface area contributed by atoms with Crippen LogP contribution in [-0.4, -0.2) is 86.7 Å². The second-order valence-corrected chi connectivity index (χ2v) is 9.40. The first kappa shape index (κ1) is 23.7. The quantitative estimate of drug-likeness (QED) is 0.513. The van der Waals surface area contributed by atoms with Crippen LogP contribution in [0, 0.1) is 0 Å². The van der Waals surface area contributed by atoms with Crippen molar-refractivity contribution in [3.63, 3.8) is 0 Å². The van der Waals surface area contributed by atoms with E-state index in [2.05, 4.69) is 63.6 Å². The van der Waals surface area contributed by atoms with Crippen molar-refractivity contribution >= 4 is 0 Å². The van der Waals surface area contributed by atoms with Crippen molar-refractivity contribution in [2.75, 3.05) is 66.0 Å². The minimum atomic E-state index is 0.784. The predicted molar refractivity (Wildman–Crippen MR) is 128 cm³/mol. The van der Waals surface area contributed by atoms with Gasteiger partial charge in [-0.1, -0.05) is 30.7 Å². The molecule has 170 valence electrons. The number of rotatable bonds is 12. The van der Waals surface area contributed by atoms with Gasteiger partial charge in [-0.05, 0) is 83.5 Å². The Kier molecular flexibility index (Phi) is 10.6. The monoisotopic (exact) mass is 415 g/mol. The van der Waals surface area contributed by atoms with E-state index >= 15 is 0 Å². The summed E-state index contributed by atoms with van der Waals surface area (Å²) < 4.78 is 0. The minimum absolute atomic E-state index is 0.784. The number of piperidine rings is 1. The van der Waals surface area contributed by atoms with Crippen LogP contribution in [0.15, 0.2) is 24.3 Å². The van der Waals surface area contributed by atoms with E-state index in [-0.39, 0.29) is 0 Å². The molecule has 30 heavy (non-hydrogen) atoms. The molecule has 3 rings (SSSR count). The molecule has 2 aliphatic heterocycles. The molecular weight excluding hydrogens is 370 g/mol. The Bertz CT molecular complexity index is 567. The Morgan fingerprint density at radius 3 is 2.00 bits per heavy atom. The molecule has 0 aromatic heterocycles. The maximum atomic E-state index is 3.62. The van der Waals surface area contributed by atoms with Gasteiger partial charge in [0.2, 0.25) is 0 Å². The van der Waals surface area contributed by atoms with Gasteiger partial charge in [-0.3, -0.25) is 0 Å². The van der Waals surface area contributed by atoms with E-state index in [0.29, 0.717) is 0 Å². The number of piperazine rings is 1. The molecule has 2 N–H and O–H groups in total. The van der Waals surface area contributed by atoms with Crippen molar-refractivity contribution in [1.29, 1.82) is 0 Å². The Morgan fingerprint density at radius 2 is 1.40 bits per heavy atom. The van der Waals surface area contributed by atoms with Crippen LogP contribution in [0.2, 0.25) is 0 Å². The lowest BCUT2D eigenvalue weighted by atomic mass is 10.0. The second-order valence-electron chi connectivity index (χ2n) is 9.40. The van der Waals surface area contributed by atoms with Crippen molar-refractivity contribution in [3.05, 3.63) is 35.4 Å². The summed E-state index contributed by atoms with van der Waals surface area (Å²) in [6, 6.07) is 9.90. The average Bonchev–Trinajstić information content (AvgIpc) is 2.77. The second kappa shape index (κ2) is 13.4. The Labute approximate surface area is 185 Å². The van der Waals surface area contributed by atoms with E-state index in [1.54, 1.807) is 0 Å². The molecule has 0 spiro atoms. The lowest BCUT2D eigenvalue weighted by Crippen LogP contribution is -2.45. The summed E-state index contributed by atoms with van der Waals surface area (Å²) in [5, 5.41) is 7.23. The molecule has 0 radical (unpaired) electrons. The molecule has 2 saturated heterocycles. The lowest BCUT2D eigenvalue weighted by Gasteiger charge is -2.33. The number of nitrogens with one attached hydrogen (secondary N) is 2. The maximum Gasteiger partial charge on any atom is 0.0205 e. The smallest absolute Gasteiger partial charge is 0.0205 e. The summed E-state index contributed by atoms with van der Waals surface area (Å²) in [7, 11) is 2.22. The standard InChI is InChI=1S/C25H45N5/c1-23-7-3-4-15-30(23)16-6-13-27-22-25-10-8-24(9-11-25)21-26-12-5-14-29-19-17-28(2)18-20-29/h8-11,23,26-27H,3-7,12-22H2,1-2H3. The molecule has 2 aliphatic rings. The van der Waals surface area contributed by atoms with E-state index in [4.69, 9.17) is 0 Å². The summed E-state index contributed by atoms with van der Waals surface area (Å²) in [6.45, 7) is 15.2. The Morgan fingerprint density at radius 1 is 0.800 bits per heavy atom. The normalized spacial score (nSPS) is 21.9. The van der Waals surface area contributed by atoms with E-state index in [1.165, 1.54) is 89.0 Å². The number of nitrogens with zero attached hydrogens (tertiary/aromatic N) is 3. The van der Waals surface area contributed by atoms with Gasteiger partial charge in [-0.15, -0.1) is 0 Å². The SMILES string of the molecule is CC1CCCCN1CCCNCc1ccc(CNCCCN2CCN(C)CC2)cc1. The Balaban J connectivity index is 1.20. The molecule has 2 heterocycles. The van der Waals surface area contributed by atoms with E-state index in [9.17, 15) is 0 Å². The maximum absolute atomic E-state index is 3.62. The van der Waals surface area contributed by atoms with Crippen LogP contribution in [0.3, 0.4) is 0 Å². The highest BCUT2D eigenvalue weighted by Crippen LogP contribution is 2.16.